The molecule has 68 heavy (non-hydrogen) atoms. The minimum atomic E-state index is 0.339. The summed E-state index contributed by atoms with van der Waals surface area (Å²) in [5.74, 6) is 0. The molecule has 0 aliphatic rings. The molecule has 0 atom stereocenters. The second kappa shape index (κ2) is 20.2. The lowest BCUT2D eigenvalue weighted by Crippen LogP contribution is -2.74. The van der Waals surface area contributed by atoms with Gasteiger partial charge < -0.3 is 0 Å². The molecular weight excluding hydrogens is 790 g/mol. The van der Waals surface area contributed by atoms with Gasteiger partial charge in [0.25, 0.3) is 0 Å². The summed E-state index contributed by atoms with van der Waals surface area (Å²) in [6.45, 7) is 40.6. The summed E-state index contributed by atoms with van der Waals surface area (Å²) in [7, 11) is 32.3. The Bertz CT molecular complexity index is 3030. The summed E-state index contributed by atoms with van der Waals surface area (Å²) < 4.78 is 0. The van der Waals surface area contributed by atoms with Crippen molar-refractivity contribution in [2.24, 2.45) is 0 Å². The highest BCUT2D eigenvalue weighted by atomic mass is 14.3. The van der Waals surface area contributed by atoms with Crippen LogP contribution in [-0.2, 0) is 0 Å². The van der Waals surface area contributed by atoms with E-state index in [1.54, 1.807) is 38.2 Å². The number of hydrogen-bond acceptors (Lipinski definition) is 0. The predicted octanol–water partition coefficient (Wildman–Crippen LogP) is -5.22. The van der Waals surface area contributed by atoms with E-state index >= 15 is 0 Å². The largest absolute Gasteiger partial charge is 0.112 e. The van der Waals surface area contributed by atoms with Crippen LogP contribution in [0.2, 0.25) is 0 Å². The van der Waals surface area contributed by atoms with Crippen molar-refractivity contribution in [3.63, 3.8) is 0 Å². The predicted molar refractivity (Wildman–Crippen MR) is 367 cm³/mol. The molecule has 0 spiro atoms. The zero-order chi connectivity index (χ0) is 51.4. The molecule has 6 aromatic rings. The minimum Gasteiger partial charge on any atom is -0.112 e. The highest BCUT2D eigenvalue weighted by molar-refractivity contribution is 7.85. The van der Waals surface area contributed by atoms with Gasteiger partial charge in [0.2, 0.25) is 0 Å². The van der Waals surface area contributed by atoms with Crippen LogP contribution in [0.25, 0.3) is 54.6 Å². The van der Waals surface area contributed by atoms with Crippen LogP contribution in [0.15, 0.2) is 0 Å². The van der Waals surface area contributed by atoms with E-state index in [2.05, 4.69) is 204 Å². The van der Waals surface area contributed by atoms with Gasteiger partial charge in [-0.25, -0.2) is 0 Å². The Balaban J connectivity index is 2.17. The number of fused-ring (bicyclic) bond motifs is 3. The van der Waals surface area contributed by atoms with Gasteiger partial charge in [0.1, 0.15) is 0 Å². The van der Waals surface area contributed by atoms with E-state index in [9.17, 15) is 0 Å². The van der Waals surface area contributed by atoms with Gasteiger partial charge in [0.05, 0.1) is 133 Å². The number of hydrogen-bond donors (Lipinski definition) is 0. The Kier molecular flexibility index (Phi) is 16.3. The van der Waals surface area contributed by atoms with Gasteiger partial charge in [-0.1, -0.05) is 16.5 Å². The molecule has 22 heteroatoms. The molecule has 0 saturated carbocycles. The minimum absolute atomic E-state index is 0.339. The SMILES string of the molecule is BBB(B(B)B)c1c(B(B(B)B)B(B)B)c(C)c2c(C)c(C)c(-c3c4c(C)c(C)c(C)c(C)c4c(C)c4c(-c5c(C)c(C)c(C)c(C)c5C)c(C)c(C)c(C)c34)c(B(B)BB)c2c1B(B)B(B)B. The molecule has 0 fully saturated rings. The molecule has 0 aliphatic heterocycles. The third-order valence-corrected chi connectivity index (χ3v) is 19.5. The van der Waals surface area contributed by atoms with E-state index in [-0.39, 0.29) is 0 Å². The maximum absolute atomic E-state index is 2.60. The maximum atomic E-state index is 2.60. The second-order valence-electron chi connectivity index (χ2n) is 24.0. The average molecular weight is 865 g/mol. The summed E-state index contributed by atoms with van der Waals surface area (Å²) in [5, 5.41) is 9.02. The van der Waals surface area contributed by atoms with Crippen molar-refractivity contribution in [2.75, 3.05) is 0 Å². The van der Waals surface area contributed by atoms with Crippen molar-refractivity contribution >= 4 is 213 Å². The normalized spacial score (nSPS) is 11.4. The van der Waals surface area contributed by atoms with Crippen LogP contribution in [0.3, 0.4) is 0 Å². The molecule has 0 amide bonds. The molecule has 0 saturated heterocycles. The van der Waals surface area contributed by atoms with E-state index in [1.165, 1.54) is 127 Å². The third-order valence-electron chi connectivity index (χ3n) is 19.5. The third kappa shape index (κ3) is 8.25. The van der Waals surface area contributed by atoms with Gasteiger partial charge in [-0.3, -0.25) is 0 Å². The first kappa shape index (κ1) is 54.9. The smallest absolute Gasteiger partial charge is 0.0976 e. The second-order valence-corrected chi connectivity index (χ2v) is 24.0. The first-order valence-electron chi connectivity index (χ1n) is 27.2. The lowest BCUT2D eigenvalue weighted by molar-refractivity contribution is 1.17. The molecule has 0 bridgehead atoms. The summed E-state index contributed by atoms with van der Waals surface area (Å²) in [4.78, 5) is 0. The molecule has 0 radical (unpaired) electrons. The van der Waals surface area contributed by atoms with Gasteiger partial charge in [-0.15, -0.1) is 10.9 Å². The van der Waals surface area contributed by atoms with Crippen molar-refractivity contribution in [1.29, 1.82) is 0 Å². The number of benzene rings is 6. The lowest BCUT2D eigenvalue weighted by Gasteiger charge is -2.38. The van der Waals surface area contributed by atoms with E-state index in [1.807, 2.05) is 0 Å². The highest BCUT2D eigenvalue weighted by Crippen LogP contribution is 2.51. The Hall–Kier alpha value is -2.47. The van der Waals surface area contributed by atoms with Crippen LogP contribution in [0.5, 0.6) is 0 Å². The number of aryl methyl sites for hydroxylation is 6. The fraction of sp³-hybridized carbons (Fsp3) is 0.348. The first-order chi connectivity index (χ1) is 31.6. The van der Waals surface area contributed by atoms with Gasteiger partial charge >= 0.3 is 0 Å². The molecule has 6 rings (SSSR count). The van der Waals surface area contributed by atoms with Crippen molar-refractivity contribution in [3.05, 3.63) is 89.0 Å². The topological polar surface area (TPSA) is 0 Å². The van der Waals surface area contributed by atoms with Crippen molar-refractivity contribution in [2.45, 2.75) is 111 Å². The molecule has 0 aromatic heterocycles. The summed E-state index contributed by atoms with van der Waals surface area (Å²) in [6.07, 6.45) is 2.09. The summed E-state index contributed by atoms with van der Waals surface area (Å²) in [6, 6.07) is 0. The fourth-order valence-corrected chi connectivity index (χ4v) is 14.1. The number of rotatable bonds is 12. The fourth-order valence-electron chi connectivity index (χ4n) is 14.1. The van der Waals surface area contributed by atoms with Gasteiger partial charge in [-0.05, 0) is 249 Å². The maximum Gasteiger partial charge on any atom is 0.0976 e. The Morgan fingerprint density at radius 1 is 0.265 bits per heavy atom. The van der Waals surface area contributed by atoms with E-state index < -0.39 is 0 Å². The van der Waals surface area contributed by atoms with E-state index in [4.69, 9.17) is 0 Å². The standard InChI is InChI=1S/C46H74B22/c1-17-18(2)23(7)33(24(8)19(17)3)36-27(11)22(6)28(12)38-39(36)31(15)34-25(9)20(4)21(5)26(10)37(34)41(38)40-30(14)29(13)35-32(16)43(64(67(55)56)68(57)58)46(63(60-48)66(53)54)45(62(50)65(51)52)42(35)44(40)61(49)59-47/h59-60H,47-58H2,1-16H3. The zero-order valence-electron chi connectivity index (χ0n) is 49.0. The van der Waals surface area contributed by atoms with Gasteiger partial charge in [0, 0.05) is 25.5 Å². The van der Waals surface area contributed by atoms with E-state index in [0.717, 1.165) is 14.1 Å². The highest BCUT2D eigenvalue weighted by Gasteiger charge is 2.40. The molecule has 0 heterocycles. The van der Waals surface area contributed by atoms with Crippen molar-refractivity contribution in [1.82, 2.24) is 0 Å². The molecule has 0 unspecified atom stereocenters. The summed E-state index contributed by atoms with van der Waals surface area (Å²) >= 11 is 0. The molecule has 0 nitrogen and oxygen atoms in total. The van der Waals surface area contributed by atoms with Gasteiger partial charge in [-0.2, -0.15) is 0 Å². The van der Waals surface area contributed by atoms with Gasteiger partial charge in [0.15, 0.2) is 0 Å². The monoisotopic (exact) mass is 869 g/mol. The molecule has 0 N–H and O–H groups in total. The van der Waals surface area contributed by atoms with Crippen LogP contribution >= 0.6 is 0 Å². The van der Waals surface area contributed by atoms with Crippen LogP contribution in [-0.4, -0.2) is 158 Å². The molecular formula is C46H74B22. The van der Waals surface area contributed by atoms with Crippen LogP contribution in [0.1, 0.15) is 89.0 Å². The zero-order valence-corrected chi connectivity index (χ0v) is 49.0. The molecule has 0 aliphatic carbocycles. The van der Waals surface area contributed by atoms with Crippen LogP contribution < -0.4 is 21.9 Å². The van der Waals surface area contributed by atoms with Crippen molar-refractivity contribution < 1.29 is 0 Å². The average Bonchev–Trinajstić information content (AvgIpc) is 3.27. The van der Waals surface area contributed by atoms with Crippen LogP contribution in [0.4, 0.5) is 0 Å². The summed E-state index contributed by atoms with van der Waals surface area (Å²) in [5.41, 5.74) is 35.6. The lowest BCUT2D eigenvalue weighted by atomic mass is 8.70. The Morgan fingerprint density at radius 3 is 1.07 bits per heavy atom. The van der Waals surface area contributed by atoms with E-state index in [0.29, 0.717) is 51.5 Å². The van der Waals surface area contributed by atoms with Crippen LogP contribution in [0, 0.1) is 111 Å². The Labute approximate surface area is 431 Å². The molecule has 324 valence electrons. The Morgan fingerprint density at radius 2 is 0.632 bits per heavy atom. The first-order valence-corrected chi connectivity index (χ1v) is 27.2. The molecule has 6 aromatic carbocycles. The van der Waals surface area contributed by atoms with Crippen molar-refractivity contribution in [3.8, 4) is 22.3 Å². The quantitative estimate of drug-likeness (QED) is 0.0855.